The quantitative estimate of drug-likeness (QED) is 0.714. The van der Waals surface area contributed by atoms with Crippen LogP contribution in [0, 0.1) is 0 Å². The molecule has 0 bridgehead atoms. The smallest absolute Gasteiger partial charge is 0.126 e. The summed E-state index contributed by atoms with van der Waals surface area (Å²) in [7, 11) is 0. The first-order valence-electron chi connectivity index (χ1n) is 3.91. The highest BCUT2D eigenvalue weighted by molar-refractivity contribution is 5.67. The van der Waals surface area contributed by atoms with Crippen molar-refractivity contribution in [1.82, 2.24) is 9.97 Å². The zero-order valence-electron chi connectivity index (χ0n) is 6.88. The van der Waals surface area contributed by atoms with Gasteiger partial charge in [-0.3, -0.25) is 9.97 Å². The Morgan fingerprint density at radius 1 is 1.00 bits per heavy atom. The molecule has 64 valence electrons. The summed E-state index contributed by atoms with van der Waals surface area (Å²) in [6, 6.07) is 5.26. The van der Waals surface area contributed by atoms with E-state index in [0.29, 0.717) is 5.56 Å². The van der Waals surface area contributed by atoms with E-state index < -0.39 is 0 Å². The van der Waals surface area contributed by atoms with Crippen molar-refractivity contribution in [1.29, 1.82) is 0 Å². The van der Waals surface area contributed by atoms with E-state index in [2.05, 4.69) is 9.97 Å². The standard InChI is InChI=1S/C10H8N2O/c13-10-3-5-12-7-9(10)8-2-1-4-11-6-8/h1-7H,(H,12,13). The number of aromatic hydroxyl groups is 1. The van der Waals surface area contributed by atoms with Crippen molar-refractivity contribution in [2.75, 3.05) is 0 Å². The van der Waals surface area contributed by atoms with Crippen molar-refractivity contribution >= 4 is 0 Å². The Hall–Kier alpha value is -1.90. The highest BCUT2D eigenvalue weighted by Crippen LogP contribution is 2.26. The Morgan fingerprint density at radius 3 is 2.54 bits per heavy atom. The Bertz CT molecular complexity index is 401. The fourth-order valence-corrected chi connectivity index (χ4v) is 1.13. The van der Waals surface area contributed by atoms with E-state index in [1.54, 1.807) is 30.9 Å². The first-order chi connectivity index (χ1) is 6.38. The molecule has 0 aliphatic carbocycles. The Balaban J connectivity index is 2.54. The lowest BCUT2D eigenvalue weighted by atomic mass is 10.1. The van der Waals surface area contributed by atoms with Crippen LogP contribution in [0.5, 0.6) is 5.75 Å². The van der Waals surface area contributed by atoms with Gasteiger partial charge in [0.25, 0.3) is 0 Å². The maximum atomic E-state index is 9.50. The van der Waals surface area contributed by atoms with Crippen molar-refractivity contribution in [3.05, 3.63) is 43.0 Å². The molecule has 2 heterocycles. The average molecular weight is 172 g/mol. The molecule has 0 aliphatic heterocycles. The van der Waals surface area contributed by atoms with E-state index in [0.717, 1.165) is 5.56 Å². The molecular formula is C10H8N2O. The molecule has 0 saturated heterocycles. The first kappa shape index (κ1) is 7.73. The van der Waals surface area contributed by atoms with Crippen molar-refractivity contribution in [2.24, 2.45) is 0 Å². The molecule has 3 nitrogen and oxygen atoms in total. The Kier molecular flexibility index (Phi) is 1.92. The summed E-state index contributed by atoms with van der Waals surface area (Å²) in [5, 5.41) is 9.50. The van der Waals surface area contributed by atoms with Gasteiger partial charge in [0.1, 0.15) is 5.75 Å². The van der Waals surface area contributed by atoms with Gasteiger partial charge in [-0.2, -0.15) is 0 Å². The SMILES string of the molecule is Oc1ccncc1-c1cccnc1. The predicted octanol–water partition coefficient (Wildman–Crippen LogP) is 1.85. The number of nitrogens with zero attached hydrogens (tertiary/aromatic N) is 2. The van der Waals surface area contributed by atoms with Gasteiger partial charge < -0.3 is 5.11 Å². The van der Waals surface area contributed by atoms with Gasteiger partial charge in [-0.15, -0.1) is 0 Å². The molecular weight excluding hydrogens is 164 g/mol. The number of hydrogen-bond donors (Lipinski definition) is 1. The lowest BCUT2D eigenvalue weighted by Crippen LogP contribution is -1.81. The van der Waals surface area contributed by atoms with E-state index in [1.807, 2.05) is 12.1 Å². The second kappa shape index (κ2) is 3.23. The maximum Gasteiger partial charge on any atom is 0.126 e. The van der Waals surface area contributed by atoms with Crippen LogP contribution in [0.3, 0.4) is 0 Å². The maximum absolute atomic E-state index is 9.50. The van der Waals surface area contributed by atoms with Crippen LogP contribution in [0.15, 0.2) is 43.0 Å². The van der Waals surface area contributed by atoms with Crippen LogP contribution in [-0.4, -0.2) is 15.1 Å². The summed E-state index contributed by atoms with van der Waals surface area (Å²) < 4.78 is 0. The summed E-state index contributed by atoms with van der Waals surface area (Å²) >= 11 is 0. The van der Waals surface area contributed by atoms with Crippen LogP contribution in [0.25, 0.3) is 11.1 Å². The van der Waals surface area contributed by atoms with Crippen LogP contribution in [0.4, 0.5) is 0 Å². The highest BCUT2D eigenvalue weighted by Gasteiger charge is 2.01. The molecule has 0 atom stereocenters. The molecule has 0 aliphatic rings. The monoisotopic (exact) mass is 172 g/mol. The van der Waals surface area contributed by atoms with E-state index >= 15 is 0 Å². The second-order valence-electron chi connectivity index (χ2n) is 2.63. The van der Waals surface area contributed by atoms with Gasteiger partial charge in [0.15, 0.2) is 0 Å². The van der Waals surface area contributed by atoms with Gasteiger partial charge in [-0.05, 0) is 12.1 Å². The summed E-state index contributed by atoms with van der Waals surface area (Å²) in [5.74, 6) is 0.225. The molecule has 2 rings (SSSR count). The molecule has 2 aromatic rings. The van der Waals surface area contributed by atoms with Crippen LogP contribution in [0.1, 0.15) is 0 Å². The lowest BCUT2D eigenvalue weighted by Gasteiger charge is -2.01. The lowest BCUT2D eigenvalue weighted by molar-refractivity contribution is 0.476. The van der Waals surface area contributed by atoms with E-state index in [1.165, 1.54) is 0 Å². The average Bonchev–Trinajstić information content (AvgIpc) is 2.20. The second-order valence-corrected chi connectivity index (χ2v) is 2.63. The van der Waals surface area contributed by atoms with Gasteiger partial charge in [0, 0.05) is 35.9 Å². The van der Waals surface area contributed by atoms with Gasteiger partial charge >= 0.3 is 0 Å². The molecule has 0 unspecified atom stereocenters. The molecule has 0 saturated carbocycles. The Labute approximate surface area is 75.7 Å². The minimum Gasteiger partial charge on any atom is -0.507 e. The summed E-state index contributed by atoms with van der Waals surface area (Å²) in [4.78, 5) is 7.90. The first-order valence-corrected chi connectivity index (χ1v) is 3.91. The number of aromatic nitrogens is 2. The summed E-state index contributed by atoms with van der Waals surface area (Å²) in [6.45, 7) is 0. The third-order valence-corrected chi connectivity index (χ3v) is 1.77. The zero-order valence-corrected chi connectivity index (χ0v) is 6.88. The summed E-state index contributed by atoms with van der Waals surface area (Å²) in [5.41, 5.74) is 1.57. The third kappa shape index (κ3) is 1.49. The molecule has 0 radical (unpaired) electrons. The van der Waals surface area contributed by atoms with Crippen molar-refractivity contribution < 1.29 is 5.11 Å². The van der Waals surface area contributed by atoms with Crippen LogP contribution >= 0.6 is 0 Å². The molecule has 3 heteroatoms. The number of rotatable bonds is 1. The topological polar surface area (TPSA) is 46.0 Å². The normalized spacial score (nSPS) is 9.85. The summed E-state index contributed by atoms with van der Waals surface area (Å²) in [6.07, 6.45) is 6.55. The van der Waals surface area contributed by atoms with Crippen LogP contribution < -0.4 is 0 Å². The molecule has 1 N–H and O–H groups in total. The minimum atomic E-state index is 0.225. The predicted molar refractivity (Wildman–Crippen MR) is 49.1 cm³/mol. The van der Waals surface area contributed by atoms with Crippen LogP contribution in [-0.2, 0) is 0 Å². The van der Waals surface area contributed by atoms with Gasteiger partial charge in [-0.25, -0.2) is 0 Å². The van der Waals surface area contributed by atoms with Crippen molar-refractivity contribution in [3.63, 3.8) is 0 Å². The van der Waals surface area contributed by atoms with Crippen molar-refractivity contribution in [2.45, 2.75) is 0 Å². The van der Waals surface area contributed by atoms with Gasteiger partial charge in [-0.1, -0.05) is 6.07 Å². The largest absolute Gasteiger partial charge is 0.507 e. The van der Waals surface area contributed by atoms with Gasteiger partial charge in [0.2, 0.25) is 0 Å². The highest BCUT2D eigenvalue weighted by atomic mass is 16.3. The minimum absolute atomic E-state index is 0.225. The van der Waals surface area contributed by atoms with E-state index in [4.69, 9.17) is 0 Å². The van der Waals surface area contributed by atoms with Crippen LogP contribution in [0.2, 0.25) is 0 Å². The van der Waals surface area contributed by atoms with Gasteiger partial charge in [0.05, 0.1) is 0 Å². The molecule has 0 spiro atoms. The number of pyridine rings is 2. The molecule has 0 fully saturated rings. The fraction of sp³-hybridized carbons (Fsp3) is 0. The van der Waals surface area contributed by atoms with E-state index in [9.17, 15) is 5.11 Å². The van der Waals surface area contributed by atoms with Crippen molar-refractivity contribution in [3.8, 4) is 16.9 Å². The zero-order chi connectivity index (χ0) is 9.10. The Morgan fingerprint density at radius 2 is 1.85 bits per heavy atom. The number of hydrogen-bond acceptors (Lipinski definition) is 3. The third-order valence-electron chi connectivity index (χ3n) is 1.77. The molecule has 0 amide bonds. The molecule has 2 aromatic heterocycles. The molecule has 0 aromatic carbocycles. The van der Waals surface area contributed by atoms with E-state index in [-0.39, 0.29) is 5.75 Å². The molecule has 13 heavy (non-hydrogen) atoms. The fourth-order valence-electron chi connectivity index (χ4n) is 1.13.